The number of carbonyl (C=O) groups excluding carboxylic acids is 2. The molecule has 2 N–H and O–H groups in total. The van der Waals surface area contributed by atoms with Crippen LogP contribution >= 0.6 is 0 Å². The number of rotatable bonds is 10. The van der Waals surface area contributed by atoms with Crippen LogP contribution in [0.15, 0.2) is 40.0 Å². The number of aliphatic imine (C=N–C) groups is 1. The van der Waals surface area contributed by atoms with E-state index in [-0.39, 0.29) is 35.5 Å². The number of nitrogens with zero attached hydrogens (tertiary/aromatic N) is 2. The van der Waals surface area contributed by atoms with Gasteiger partial charge in [0.15, 0.2) is 5.96 Å². The molecule has 8 heteroatoms. The number of imide groups is 1. The molecule has 1 aliphatic heterocycles. The zero-order chi connectivity index (χ0) is 20.9. The fourth-order valence-electron chi connectivity index (χ4n) is 4.74. The van der Waals surface area contributed by atoms with Gasteiger partial charge in [0.1, 0.15) is 12.4 Å². The molecule has 8 nitrogen and oxygen atoms in total. The van der Waals surface area contributed by atoms with Crippen LogP contribution in [0, 0.1) is 23.7 Å². The first-order valence-corrected chi connectivity index (χ1v) is 10.8. The van der Waals surface area contributed by atoms with E-state index in [9.17, 15) is 9.59 Å². The van der Waals surface area contributed by atoms with Crippen molar-refractivity contribution in [2.45, 2.75) is 26.4 Å². The molecule has 2 fully saturated rings. The molecular formula is C22H30N4O4. The van der Waals surface area contributed by atoms with Crippen LogP contribution in [-0.2, 0) is 20.9 Å². The molecular weight excluding hydrogens is 384 g/mol. The first kappa shape index (κ1) is 20.7. The summed E-state index contributed by atoms with van der Waals surface area (Å²) in [6.07, 6.45) is 7.62. The Morgan fingerprint density at radius 3 is 2.67 bits per heavy atom. The van der Waals surface area contributed by atoms with Crippen molar-refractivity contribution in [3.63, 3.8) is 0 Å². The van der Waals surface area contributed by atoms with E-state index in [1.807, 2.05) is 19.1 Å². The maximum absolute atomic E-state index is 12.7. The van der Waals surface area contributed by atoms with Gasteiger partial charge in [0.2, 0.25) is 11.8 Å². The van der Waals surface area contributed by atoms with Crippen LogP contribution in [0.3, 0.4) is 0 Å². The van der Waals surface area contributed by atoms with Gasteiger partial charge in [-0.1, -0.05) is 12.2 Å². The van der Waals surface area contributed by atoms with Crippen molar-refractivity contribution < 1.29 is 18.7 Å². The highest BCUT2D eigenvalue weighted by molar-refractivity contribution is 6.06. The Bertz CT molecular complexity index is 774. The maximum Gasteiger partial charge on any atom is 0.233 e. The highest BCUT2D eigenvalue weighted by atomic mass is 16.5. The number of ether oxygens (including phenoxy) is 1. The molecule has 162 valence electrons. The summed E-state index contributed by atoms with van der Waals surface area (Å²) in [6.45, 7) is 5.28. The van der Waals surface area contributed by atoms with Crippen molar-refractivity contribution in [1.82, 2.24) is 15.5 Å². The van der Waals surface area contributed by atoms with Gasteiger partial charge in [-0.2, -0.15) is 0 Å². The van der Waals surface area contributed by atoms with Gasteiger partial charge >= 0.3 is 0 Å². The lowest BCUT2D eigenvalue weighted by atomic mass is 9.85. The Balaban J connectivity index is 1.18. The van der Waals surface area contributed by atoms with Gasteiger partial charge in [-0.15, -0.1) is 0 Å². The number of hydrogen-bond acceptors (Lipinski definition) is 5. The summed E-state index contributed by atoms with van der Waals surface area (Å²) in [4.78, 5) is 31.4. The summed E-state index contributed by atoms with van der Waals surface area (Å²) in [7, 11) is 0. The monoisotopic (exact) mass is 414 g/mol. The quantitative estimate of drug-likeness (QED) is 0.198. The zero-order valence-electron chi connectivity index (χ0n) is 17.4. The summed E-state index contributed by atoms with van der Waals surface area (Å²) in [5, 5.41) is 6.42. The van der Waals surface area contributed by atoms with E-state index in [2.05, 4.69) is 27.8 Å². The second kappa shape index (κ2) is 9.47. The summed E-state index contributed by atoms with van der Waals surface area (Å²) >= 11 is 0. The highest BCUT2D eigenvalue weighted by Crippen LogP contribution is 2.52. The minimum Gasteiger partial charge on any atom is -0.467 e. The van der Waals surface area contributed by atoms with Crippen LogP contribution in [0.25, 0.3) is 0 Å². The Morgan fingerprint density at radius 2 is 2.00 bits per heavy atom. The smallest absolute Gasteiger partial charge is 0.233 e. The first-order valence-electron chi connectivity index (χ1n) is 10.8. The Kier molecular flexibility index (Phi) is 6.52. The zero-order valence-corrected chi connectivity index (χ0v) is 17.4. The van der Waals surface area contributed by atoms with E-state index in [4.69, 9.17) is 9.15 Å². The van der Waals surface area contributed by atoms with Crippen molar-refractivity contribution in [2.24, 2.45) is 28.7 Å². The van der Waals surface area contributed by atoms with E-state index < -0.39 is 0 Å². The lowest BCUT2D eigenvalue weighted by Crippen LogP contribution is -2.43. The van der Waals surface area contributed by atoms with Crippen LogP contribution in [0.4, 0.5) is 0 Å². The third-order valence-corrected chi connectivity index (χ3v) is 6.07. The molecule has 1 aromatic rings. The molecule has 0 spiro atoms. The minimum absolute atomic E-state index is 0.000653. The van der Waals surface area contributed by atoms with Gasteiger partial charge in [-0.25, -0.2) is 0 Å². The lowest BCUT2D eigenvalue weighted by Gasteiger charge is -2.18. The van der Waals surface area contributed by atoms with Crippen LogP contribution in [-0.4, -0.2) is 55.5 Å². The molecule has 2 bridgehead atoms. The largest absolute Gasteiger partial charge is 0.467 e. The number of fused-ring (bicyclic) bond motifs is 5. The normalized spacial score (nSPS) is 27.2. The van der Waals surface area contributed by atoms with Crippen molar-refractivity contribution in [1.29, 1.82) is 0 Å². The van der Waals surface area contributed by atoms with Gasteiger partial charge in [0.25, 0.3) is 0 Å². The lowest BCUT2D eigenvalue weighted by molar-refractivity contribution is -0.140. The highest BCUT2D eigenvalue weighted by Gasteiger charge is 2.58. The fourth-order valence-corrected chi connectivity index (χ4v) is 4.74. The average molecular weight is 415 g/mol. The number of amides is 2. The van der Waals surface area contributed by atoms with Crippen molar-refractivity contribution in [3.05, 3.63) is 36.3 Å². The average Bonchev–Trinajstić information content (AvgIpc) is 3.52. The molecule has 1 saturated carbocycles. The van der Waals surface area contributed by atoms with E-state index >= 15 is 0 Å². The topological polar surface area (TPSA) is 96.2 Å². The molecule has 4 unspecified atom stereocenters. The Hall–Kier alpha value is -2.61. The van der Waals surface area contributed by atoms with Gasteiger partial charge in [-0.05, 0) is 43.7 Å². The molecule has 4 rings (SSSR count). The van der Waals surface area contributed by atoms with E-state index in [1.54, 1.807) is 6.26 Å². The van der Waals surface area contributed by atoms with Gasteiger partial charge in [0.05, 0.1) is 18.1 Å². The molecule has 3 aliphatic rings. The molecule has 4 atom stereocenters. The second-order valence-corrected chi connectivity index (χ2v) is 8.00. The van der Waals surface area contributed by atoms with E-state index in [0.29, 0.717) is 38.8 Å². The van der Waals surface area contributed by atoms with Crippen LogP contribution in [0.2, 0.25) is 0 Å². The molecule has 2 heterocycles. The Morgan fingerprint density at radius 1 is 1.23 bits per heavy atom. The predicted molar refractivity (Wildman–Crippen MR) is 111 cm³/mol. The summed E-state index contributed by atoms with van der Waals surface area (Å²) in [5.74, 6) is 1.74. The molecule has 2 amide bonds. The van der Waals surface area contributed by atoms with Gasteiger partial charge < -0.3 is 19.8 Å². The fraction of sp³-hybridized carbons (Fsp3) is 0.591. The first-order chi connectivity index (χ1) is 14.7. The maximum atomic E-state index is 12.7. The molecule has 1 saturated heterocycles. The standard InChI is InChI=1S/C22H30N4O4/c1-2-23-22(24-8-4-11-29-14-17-5-3-12-30-17)25-9-10-26-20(27)18-15-6-7-16(13-15)19(18)21(26)28/h3,5-7,12,15-16,18-19H,2,4,8-11,13-14H2,1H3,(H2,23,24,25). The number of furan rings is 1. The third kappa shape index (κ3) is 4.28. The third-order valence-electron chi connectivity index (χ3n) is 6.07. The summed E-state index contributed by atoms with van der Waals surface area (Å²) in [6, 6.07) is 3.73. The molecule has 2 aliphatic carbocycles. The summed E-state index contributed by atoms with van der Waals surface area (Å²) in [5.41, 5.74) is 0. The van der Waals surface area contributed by atoms with Gasteiger partial charge in [-0.3, -0.25) is 19.5 Å². The van der Waals surface area contributed by atoms with Crippen LogP contribution < -0.4 is 10.6 Å². The molecule has 1 aromatic heterocycles. The second-order valence-electron chi connectivity index (χ2n) is 8.00. The van der Waals surface area contributed by atoms with E-state index in [1.165, 1.54) is 4.90 Å². The van der Waals surface area contributed by atoms with Crippen molar-refractivity contribution in [2.75, 3.05) is 32.8 Å². The number of nitrogens with one attached hydrogen (secondary N) is 2. The van der Waals surface area contributed by atoms with Crippen molar-refractivity contribution in [3.8, 4) is 0 Å². The molecule has 0 aromatic carbocycles. The van der Waals surface area contributed by atoms with Crippen LogP contribution in [0.1, 0.15) is 25.5 Å². The van der Waals surface area contributed by atoms with Gasteiger partial charge in [0, 0.05) is 32.8 Å². The molecule has 0 radical (unpaired) electrons. The van der Waals surface area contributed by atoms with Crippen LogP contribution in [0.5, 0.6) is 0 Å². The Labute approximate surface area is 176 Å². The van der Waals surface area contributed by atoms with E-state index in [0.717, 1.165) is 25.1 Å². The number of guanidine groups is 1. The number of likely N-dealkylation sites (tertiary alicyclic amines) is 1. The number of hydrogen-bond donors (Lipinski definition) is 2. The predicted octanol–water partition coefficient (Wildman–Crippen LogP) is 1.55. The SMILES string of the molecule is CCNC(=NCCCOCc1ccco1)NCCN1C(=O)C2C3C=CC(C3)C2C1=O. The number of allylic oxidation sites excluding steroid dienone is 2. The summed E-state index contributed by atoms with van der Waals surface area (Å²) < 4.78 is 10.8. The molecule has 30 heavy (non-hydrogen) atoms. The van der Waals surface area contributed by atoms with Crippen molar-refractivity contribution >= 4 is 17.8 Å². The number of carbonyl (C=O) groups is 2. The minimum atomic E-state index is -0.129.